The van der Waals surface area contributed by atoms with Gasteiger partial charge in [-0.05, 0) is 41.8 Å². The summed E-state index contributed by atoms with van der Waals surface area (Å²) in [4.78, 5) is 19.2. The minimum absolute atomic E-state index is 0.495. The maximum atomic E-state index is 11.8. The lowest BCUT2D eigenvalue weighted by molar-refractivity contribution is 0.363. The molecule has 0 aliphatic carbocycles. The molecule has 0 fully saturated rings. The summed E-state index contributed by atoms with van der Waals surface area (Å²) in [6.07, 6.45) is 0.858. The second kappa shape index (κ2) is 6.63. The summed E-state index contributed by atoms with van der Waals surface area (Å²) in [7, 11) is -4.36. The molecule has 1 atom stereocenters. The van der Waals surface area contributed by atoms with E-state index in [2.05, 4.69) is 5.32 Å². The first-order valence-corrected chi connectivity index (χ1v) is 8.62. The van der Waals surface area contributed by atoms with Gasteiger partial charge in [0.05, 0.1) is 0 Å². The van der Waals surface area contributed by atoms with Gasteiger partial charge in [-0.25, -0.2) is 0 Å². The molecule has 21 heavy (non-hydrogen) atoms. The molecule has 6 heteroatoms. The van der Waals surface area contributed by atoms with Crippen LogP contribution in [0.3, 0.4) is 0 Å². The summed E-state index contributed by atoms with van der Waals surface area (Å²) >= 11 is 5.82. The molecule has 112 valence electrons. The van der Waals surface area contributed by atoms with E-state index in [1.807, 2.05) is 25.1 Å². The Morgan fingerprint density at radius 1 is 1.19 bits per heavy atom. The van der Waals surface area contributed by atoms with Crippen LogP contribution in [0.4, 0.5) is 5.69 Å². The molecule has 0 heterocycles. The third kappa shape index (κ3) is 4.32. The van der Waals surface area contributed by atoms with E-state index in [1.165, 1.54) is 0 Å². The molecule has 3 N–H and O–H groups in total. The number of rotatable bonds is 5. The highest BCUT2D eigenvalue weighted by atomic mass is 35.5. The summed E-state index contributed by atoms with van der Waals surface area (Å²) in [6, 6.07) is 14.0. The van der Waals surface area contributed by atoms with Crippen LogP contribution >= 0.6 is 19.2 Å². The van der Waals surface area contributed by atoms with Crippen molar-refractivity contribution < 1.29 is 14.4 Å². The first-order valence-electron chi connectivity index (χ1n) is 6.56. The van der Waals surface area contributed by atoms with Crippen LogP contribution in [0.15, 0.2) is 48.5 Å². The molecule has 0 amide bonds. The van der Waals surface area contributed by atoms with Gasteiger partial charge in [0.1, 0.15) is 0 Å². The predicted molar refractivity (Wildman–Crippen MR) is 85.7 cm³/mol. The summed E-state index contributed by atoms with van der Waals surface area (Å²) in [6.45, 7) is 2.03. The molecular weight excluding hydrogens is 309 g/mol. The van der Waals surface area contributed by atoms with Crippen molar-refractivity contribution in [1.82, 2.24) is 0 Å². The number of hydrogen-bond donors (Lipinski definition) is 3. The van der Waals surface area contributed by atoms with E-state index in [0.29, 0.717) is 16.3 Å². The molecule has 2 aromatic carbocycles. The van der Waals surface area contributed by atoms with Crippen LogP contribution < -0.4 is 5.32 Å². The highest BCUT2D eigenvalue weighted by Crippen LogP contribution is 2.51. The second-order valence-corrected chi connectivity index (χ2v) is 6.87. The normalized spacial score (nSPS) is 13.0. The Morgan fingerprint density at radius 2 is 1.86 bits per heavy atom. The number of hydrogen-bond acceptors (Lipinski definition) is 2. The average Bonchev–Trinajstić information content (AvgIpc) is 2.45. The number of aryl methyl sites for hydroxylation is 1. The van der Waals surface area contributed by atoms with Crippen molar-refractivity contribution in [3.63, 3.8) is 0 Å². The van der Waals surface area contributed by atoms with Crippen molar-refractivity contribution in [2.45, 2.75) is 19.1 Å². The Bertz CT molecular complexity index is 654. The minimum atomic E-state index is -4.36. The van der Waals surface area contributed by atoms with E-state index in [-0.39, 0.29) is 0 Å². The van der Waals surface area contributed by atoms with Crippen LogP contribution in [0.2, 0.25) is 5.02 Å². The molecule has 0 aromatic heterocycles. The van der Waals surface area contributed by atoms with E-state index < -0.39 is 13.4 Å². The highest BCUT2D eigenvalue weighted by Gasteiger charge is 2.30. The Morgan fingerprint density at radius 3 is 2.43 bits per heavy atom. The SMILES string of the molecule is CCc1cccc(NC(c2ccc(Cl)cc2)P(=O)(O)O)c1. The predicted octanol–water partition coefficient (Wildman–Crippen LogP) is 4.19. The lowest BCUT2D eigenvalue weighted by atomic mass is 10.1. The summed E-state index contributed by atoms with van der Waals surface area (Å²) in [5, 5.41) is 3.45. The molecule has 2 rings (SSSR count). The Kier molecular flexibility index (Phi) is 5.07. The van der Waals surface area contributed by atoms with Gasteiger partial charge in [0.2, 0.25) is 0 Å². The van der Waals surface area contributed by atoms with E-state index in [0.717, 1.165) is 12.0 Å². The molecule has 0 radical (unpaired) electrons. The number of anilines is 1. The average molecular weight is 326 g/mol. The zero-order valence-electron chi connectivity index (χ0n) is 11.5. The standard InChI is InChI=1S/C15H17ClNO3P/c1-2-11-4-3-5-14(10-11)17-15(21(18,19)20)12-6-8-13(16)9-7-12/h3-10,15,17H,2H2,1H3,(H2,18,19,20). The molecule has 0 aliphatic rings. The fraction of sp³-hybridized carbons (Fsp3) is 0.200. The fourth-order valence-corrected chi connectivity index (χ4v) is 3.05. The Labute approximate surface area is 128 Å². The number of benzene rings is 2. The van der Waals surface area contributed by atoms with Crippen LogP contribution in [0.25, 0.3) is 0 Å². The zero-order chi connectivity index (χ0) is 15.5. The first kappa shape index (κ1) is 16.1. The van der Waals surface area contributed by atoms with Gasteiger partial charge in [0.15, 0.2) is 5.78 Å². The molecule has 0 spiro atoms. The number of halogens is 1. The van der Waals surface area contributed by atoms with Gasteiger partial charge in [-0.1, -0.05) is 42.8 Å². The smallest absolute Gasteiger partial charge is 0.352 e. The summed E-state index contributed by atoms with van der Waals surface area (Å²) < 4.78 is 11.8. The van der Waals surface area contributed by atoms with Crippen molar-refractivity contribution in [2.75, 3.05) is 5.32 Å². The van der Waals surface area contributed by atoms with Gasteiger partial charge in [0, 0.05) is 10.7 Å². The maximum Gasteiger partial charge on any atom is 0.352 e. The molecule has 0 aliphatic heterocycles. The van der Waals surface area contributed by atoms with Crippen molar-refractivity contribution >= 4 is 24.9 Å². The Hall–Kier alpha value is -1.32. The fourth-order valence-electron chi connectivity index (χ4n) is 2.05. The molecule has 0 saturated carbocycles. The third-order valence-corrected chi connectivity index (χ3v) is 4.51. The van der Waals surface area contributed by atoms with Gasteiger partial charge in [-0.3, -0.25) is 4.57 Å². The summed E-state index contributed by atoms with van der Waals surface area (Å²) in [5.74, 6) is -1.10. The van der Waals surface area contributed by atoms with Gasteiger partial charge < -0.3 is 15.1 Å². The van der Waals surface area contributed by atoms with Crippen molar-refractivity contribution in [1.29, 1.82) is 0 Å². The molecule has 2 aromatic rings. The van der Waals surface area contributed by atoms with E-state index >= 15 is 0 Å². The molecular formula is C15H17ClNO3P. The first-order chi connectivity index (χ1) is 9.90. The van der Waals surface area contributed by atoms with E-state index in [1.54, 1.807) is 30.3 Å². The highest BCUT2D eigenvalue weighted by molar-refractivity contribution is 7.52. The van der Waals surface area contributed by atoms with Gasteiger partial charge >= 0.3 is 7.60 Å². The van der Waals surface area contributed by atoms with Gasteiger partial charge in [-0.2, -0.15) is 0 Å². The van der Waals surface area contributed by atoms with Crippen LogP contribution in [0.1, 0.15) is 23.8 Å². The molecule has 0 saturated heterocycles. The van der Waals surface area contributed by atoms with Crippen LogP contribution in [0.5, 0.6) is 0 Å². The van der Waals surface area contributed by atoms with Crippen LogP contribution in [-0.4, -0.2) is 9.79 Å². The quantitative estimate of drug-likeness (QED) is 0.721. The molecule has 4 nitrogen and oxygen atoms in total. The largest absolute Gasteiger partial charge is 0.368 e. The minimum Gasteiger partial charge on any atom is -0.368 e. The van der Waals surface area contributed by atoms with Crippen LogP contribution in [0, 0.1) is 0 Å². The molecule has 1 unspecified atom stereocenters. The summed E-state index contributed by atoms with van der Waals surface area (Å²) in [5.41, 5.74) is 2.27. The van der Waals surface area contributed by atoms with Gasteiger partial charge in [0.25, 0.3) is 0 Å². The maximum absolute atomic E-state index is 11.8. The monoisotopic (exact) mass is 325 g/mol. The van der Waals surface area contributed by atoms with Gasteiger partial charge in [-0.15, -0.1) is 0 Å². The van der Waals surface area contributed by atoms with E-state index in [4.69, 9.17) is 11.6 Å². The van der Waals surface area contributed by atoms with E-state index in [9.17, 15) is 14.4 Å². The van der Waals surface area contributed by atoms with Crippen molar-refractivity contribution in [3.8, 4) is 0 Å². The topological polar surface area (TPSA) is 69.6 Å². The zero-order valence-corrected chi connectivity index (χ0v) is 13.2. The third-order valence-electron chi connectivity index (χ3n) is 3.16. The second-order valence-electron chi connectivity index (χ2n) is 4.74. The lowest BCUT2D eigenvalue weighted by Gasteiger charge is -2.22. The van der Waals surface area contributed by atoms with Crippen LogP contribution in [-0.2, 0) is 11.0 Å². The van der Waals surface area contributed by atoms with Crippen molar-refractivity contribution in [2.24, 2.45) is 0 Å². The Balaban J connectivity index is 2.33. The molecule has 0 bridgehead atoms. The number of nitrogens with one attached hydrogen (secondary N) is 1. The lowest BCUT2D eigenvalue weighted by Crippen LogP contribution is -2.11. The van der Waals surface area contributed by atoms with Crippen molar-refractivity contribution in [3.05, 3.63) is 64.7 Å².